The predicted molar refractivity (Wildman–Crippen MR) is 150 cm³/mol. The second-order valence-corrected chi connectivity index (χ2v) is 11.2. The Kier molecular flexibility index (Phi) is 9.95. The number of ether oxygens (including phenoxy) is 1. The normalized spacial score (nSPS) is 23.2. The molecule has 4 heterocycles. The van der Waals surface area contributed by atoms with Gasteiger partial charge in [-0.05, 0) is 70.9 Å². The Morgan fingerprint density at radius 2 is 2.06 bits per heavy atom. The molecule has 1 aromatic heterocycles. The minimum Gasteiger partial charge on any atom is -0.481 e. The fourth-order valence-corrected chi connectivity index (χ4v) is 6.31. The van der Waals surface area contributed by atoms with E-state index in [-0.39, 0.29) is 12.0 Å². The van der Waals surface area contributed by atoms with Crippen LogP contribution in [-0.4, -0.2) is 90.8 Å². The number of anilines is 1. The van der Waals surface area contributed by atoms with Crippen LogP contribution in [0.25, 0.3) is 10.9 Å². The van der Waals surface area contributed by atoms with Gasteiger partial charge in [-0.15, -0.1) is 11.8 Å². The minimum absolute atomic E-state index is 0.224. The maximum absolute atomic E-state index is 11.3. The van der Waals surface area contributed by atoms with E-state index in [1.807, 2.05) is 26.2 Å². The van der Waals surface area contributed by atoms with Crippen molar-refractivity contribution in [2.45, 2.75) is 44.2 Å². The Morgan fingerprint density at radius 1 is 1.28 bits per heavy atom. The van der Waals surface area contributed by atoms with E-state index in [1.54, 1.807) is 11.8 Å². The van der Waals surface area contributed by atoms with Crippen LogP contribution in [0, 0.1) is 5.92 Å². The average molecular weight is 536 g/mol. The molecule has 0 radical (unpaired) electrons. The zero-order valence-electron chi connectivity index (χ0n) is 21.2. The van der Waals surface area contributed by atoms with Crippen LogP contribution in [0.1, 0.15) is 37.8 Å². The van der Waals surface area contributed by atoms with E-state index in [9.17, 15) is 9.90 Å². The molecule has 4 N–H and O–H groups in total. The lowest BCUT2D eigenvalue weighted by atomic mass is 9.98. The number of nitrogens with zero attached hydrogens (tertiary/aromatic N) is 2. The van der Waals surface area contributed by atoms with Crippen molar-refractivity contribution < 1.29 is 14.6 Å². The molecule has 5 rings (SSSR count). The van der Waals surface area contributed by atoms with Crippen LogP contribution < -0.4 is 10.6 Å². The van der Waals surface area contributed by atoms with Gasteiger partial charge in [-0.25, -0.2) is 0 Å². The maximum atomic E-state index is 11.3. The first-order valence-electron chi connectivity index (χ1n) is 12.9. The number of H-pyrrole nitrogens is 1. The molecule has 1 unspecified atom stereocenters. The van der Waals surface area contributed by atoms with Crippen LogP contribution in [0.2, 0.25) is 5.02 Å². The summed E-state index contributed by atoms with van der Waals surface area (Å²) in [5.74, 6) is 0.0772. The van der Waals surface area contributed by atoms with Gasteiger partial charge in [-0.3, -0.25) is 9.79 Å². The molecule has 0 spiro atoms. The molecule has 198 valence electrons. The van der Waals surface area contributed by atoms with E-state index in [2.05, 4.69) is 26.6 Å². The number of aromatic nitrogens is 1. The number of hydrogen-bond acceptors (Lipinski definition) is 7. The van der Waals surface area contributed by atoms with Gasteiger partial charge in [0.25, 0.3) is 0 Å². The molecule has 2 aromatic rings. The predicted octanol–water partition coefficient (Wildman–Crippen LogP) is 4.30. The van der Waals surface area contributed by atoms with E-state index >= 15 is 0 Å². The van der Waals surface area contributed by atoms with Gasteiger partial charge < -0.3 is 30.4 Å². The Morgan fingerprint density at radius 3 is 2.81 bits per heavy atom. The number of piperidine rings is 1. The summed E-state index contributed by atoms with van der Waals surface area (Å²) in [4.78, 5) is 22.2. The van der Waals surface area contributed by atoms with Crippen molar-refractivity contribution in [2.75, 3.05) is 58.0 Å². The molecule has 3 aliphatic heterocycles. The standard InChI is InChI=1S/C24H31ClN4O3S.C2H7N/c25-17-10-16-11-21(28-22(16)20(12-17)26-18-4-8-32-9-5-18)23-27-19(14-33-23)3-7-29-6-1-2-15(13-29)24(30)31;1-3-2/h10-12,15,18-19,26,28H,1-9,13-14H2,(H,30,31);3H,1-2H3/t15?,19-;/m1./s1. The van der Waals surface area contributed by atoms with Crippen molar-refractivity contribution >= 4 is 51.0 Å². The number of carboxylic acids is 1. The van der Waals surface area contributed by atoms with Crippen molar-refractivity contribution in [3.05, 3.63) is 28.9 Å². The van der Waals surface area contributed by atoms with Crippen molar-refractivity contribution in [1.29, 1.82) is 0 Å². The quantitative estimate of drug-likeness (QED) is 0.419. The summed E-state index contributed by atoms with van der Waals surface area (Å²) < 4.78 is 5.48. The maximum Gasteiger partial charge on any atom is 0.307 e. The highest BCUT2D eigenvalue weighted by molar-refractivity contribution is 8.14. The summed E-state index contributed by atoms with van der Waals surface area (Å²) in [6.07, 6.45) is 4.72. The topological polar surface area (TPSA) is 102 Å². The summed E-state index contributed by atoms with van der Waals surface area (Å²) in [7, 11) is 3.75. The Hall–Kier alpha value is -1.78. The van der Waals surface area contributed by atoms with Crippen LogP contribution in [0.5, 0.6) is 0 Å². The number of benzene rings is 1. The zero-order valence-corrected chi connectivity index (χ0v) is 22.8. The lowest BCUT2D eigenvalue weighted by Gasteiger charge is -2.30. The van der Waals surface area contributed by atoms with Crippen LogP contribution >= 0.6 is 23.4 Å². The molecule has 2 fully saturated rings. The lowest BCUT2D eigenvalue weighted by Crippen LogP contribution is -2.39. The molecule has 2 saturated heterocycles. The summed E-state index contributed by atoms with van der Waals surface area (Å²) in [5.41, 5.74) is 3.15. The number of nitrogens with one attached hydrogen (secondary N) is 3. The van der Waals surface area contributed by atoms with Crippen molar-refractivity contribution in [3.8, 4) is 0 Å². The number of aliphatic carboxylic acids is 1. The number of aliphatic imine (C=N–C) groups is 1. The fraction of sp³-hybridized carbons (Fsp3) is 0.615. The van der Waals surface area contributed by atoms with Gasteiger partial charge in [0.05, 0.1) is 28.9 Å². The van der Waals surface area contributed by atoms with Crippen LogP contribution in [0.3, 0.4) is 0 Å². The number of likely N-dealkylation sites (tertiary alicyclic amines) is 1. The van der Waals surface area contributed by atoms with Crippen LogP contribution in [0.15, 0.2) is 23.2 Å². The van der Waals surface area contributed by atoms with Gasteiger partial charge in [-0.1, -0.05) is 11.6 Å². The number of hydrogen-bond donors (Lipinski definition) is 4. The first-order valence-corrected chi connectivity index (χ1v) is 14.2. The number of carbonyl (C=O) groups is 1. The van der Waals surface area contributed by atoms with Gasteiger partial charge in [0.15, 0.2) is 0 Å². The second-order valence-electron chi connectivity index (χ2n) is 9.80. The SMILES string of the molecule is CNC.O=C(O)C1CCCN(CC[C@@H]2CSC(c3cc4cc(Cl)cc(NC5CCOCC5)c4[nH]3)=N2)C1. The van der Waals surface area contributed by atoms with Crippen LogP contribution in [0.4, 0.5) is 5.69 Å². The van der Waals surface area contributed by atoms with Gasteiger partial charge in [0.1, 0.15) is 5.04 Å². The van der Waals surface area contributed by atoms with Crippen LogP contribution in [-0.2, 0) is 9.53 Å². The molecular weight excluding hydrogens is 498 g/mol. The minimum atomic E-state index is -0.666. The third kappa shape index (κ3) is 7.16. The first kappa shape index (κ1) is 27.3. The van der Waals surface area contributed by atoms with E-state index in [0.717, 1.165) is 96.5 Å². The van der Waals surface area contributed by atoms with E-state index in [0.29, 0.717) is 12.6 Å². The summed E-state index contributed by atoms with van der Waals surface area (Å²) in [6, 6.07) is 6.80. The molecule has 8 nitrogen and oxygen atoms in total. The largest absolute Gasteiger partial charge is 0.481 e. The summed E-state index contributed by atoms with van der Waals surface area (Å²) in [6.45, 7) is 4.15. The van der Waals surface area contributed by atoms with Gasteiger partial charge in [0.2, 0.25) is 0 Å². The molecule has 1 aromatic carbocycles. The summed E-state index contributed by atoms with van der Waals surface area (Å²) >= 11 is 8.22. The Labute approximate surface area is 222 Å². The molecule has 2 atom stereocenters. The van der Waals surface area contributed by atoms with Gasteiger partial charge in [-0.2, -0.15) is 0 Å². The highest BCUT2D eigenvalue weighted by atomic mass is 35.5. The number of fused-ring (bicyclic) bond motifs is 1. The molecule has 10 heteroatoms. The second kappa shape index (κ2) is 13.1. The smallest absolute Gasteiger partial charge is 0.307 e. The molecule has 3 aliphatic rings. The monoisotopic (exact) mass is 535 g/mol. The molecule has 36 heavy (non-hydrogen) atoms. The number of aromatic amines is 1. The number of halogens is 1. The third-order valence-corrected chi connectivity index (χ3v) is 8.22. The number of rotatable bonds is 7. The van der Waals surface area contributed by atoms with Crippen molar-refractivity contribution in [1.82, 2.24) is 15.2 Å². The Bertz CT molecular complexity index is 1060. The molecule has 0 bridgehead atoms. The molecular formula is C26H38ClN5O3S. The van der Waals surface area contributed by atoms with E-state index in [1.165, 1.54) is 0 Å². The zero-order chi connectivity index (χ0) is 25.5. The molecule has 0 saturated carbocycles. The Balaban J connectivity index is 0.000000967. The number of thioether (sulfide) groups is 1. The van der Waals surface area contributed by atoms with Gasteiger partial charge >= 0.3 is 5.97 Å². The van der Waals surface area contributed by atoms with Crippen molar-refractivity contribution in [2.24, 2.45) is 10.9 Å². The van der Waals surface area contributed by atoms with E-state index in [4.69, 9.17) is 21.3 Å². The third-order valence-electron chi connectivity index (χ3n) is 6.85. The lowest BCUT2D eigenvalue weighted by molar-refractivity contribution is -0.143. The molecule has 0 aliphatic carbocycles. The first-order chi connectivity index (χ1) is 17.5. The van der Waals surface area contributed by atoms with E-state index < -0.39 is 5.97 Å². The van der Waals surface area contributed by atoms with Crippen molar-refractivity contribution in [3.63, 3.8) is 0 Å². The number of carboxylic acid groups (broad SMARTS) is 1. The summed E-state index contributed by atoms with van der Waals surface area (Å²) in [5, 5.41) is 18.6. The highest BCUT2D eigenvalue weighted by Crippen LogP contribution is 2.33. The molecule has 0 amide bonds. The highest BCUT2D eigenvalue weighted by Gasteiger charge is 2.27. The average Bonchev–Trinajstić information content (AvgIpc) is 3.51. The van der Waals surface area contributed by atoms with Gasteiger partial charge in [0, 0.05) is 48.5 Å². The fourth-order valence-electron chi connectivity index (χ4n) is 5.00.